The Bertz CT molecular complexity index is 780. The zero-order valence-electron chi connectivity index (χ0n) is 13.3. The Balaban J connectivity index is 1.52. The predicted molar refractivity (Wildman–Crippen MR) is 90.3 cm³/mol. The Labute approximate surface area is 143 Å². The summed E-state index contributed by atoms with van der Waals surface area (Å²) in [7, 11) is 0. The van der Waals surface area contributed by atoms with Gasteiger partial charge in [-0.05, 0) is 36.4 Å². The van der Waals surface area contributed by atoms with E-state index in [-0.39, 0.29) is 36.3 Å². The number of anilines is 2. The molecule has 7 heteroatoms. The maximum absolute atomic E-state index is 13.5. The van der Waals surface area contributed by atoms with E-state index in [4.69, 9.17) is 0 Å². The molecule has 0 aromatic heterocycles. The molecular weight excluding hydrogens is 328 g/mol. The number of amides is 3. The van der Waals surface area contributed by atoms with E-state index in [9.17, 15) is 18.4 Å². The molecule has 2 aromatic carbocycles. The highest BCUT2D eigenvalue weighted by molar-refractivity contribution is 5.96. The molecule has 0 bridgehead atoms. The van der Waals surface area contributed by atoms with Gasteiger partial charge in [-0.3, -0.25) is 4.79 Å². The Morgan fingerprint density at radius 3 is 2.56 bits per heavy atom. The van der Waals surface area contributed by atoms with Gasteiger partial charge in [0.05, 0.1) is 5.69 Å². The van der Waals surface area contributed by atoms with Gasteiger partial charge in [-0.1, -0.05) is 12.1 Å². The van der Waals surface area contributed by atoms with E-state index in [0.29, 0.717) is 12.2 Å². The first kappa shape index (κ1) is 16.9. The number of carbonyl (C=O) groups is 2. The molecule has 3 rings (SSSR count). The quantitative estimate of drug-likeness (QED) is 0.894. The van der Waals surface area contributed by atoms with Crippen molar-refractivity contribution in [1.82, 2.24) is 5.32 Å². The van der Waals surface area contributed by atoms with Gasteiger partial charge in [0.2, 0.25) is 5.91 Å². The van der Waals surface area contributed by atoms with Gasteiger partial charge in [0.15, 0.2) is 0 Å². The Kier molecular flexibility index (Phi) is 4.92. The van der Waals surface area contributed by atoms with Gasteiger partial charge >= 0.3 is 6.03 Å². The largest absolute Gasteiger partial charge is 0.338 e. The van der Waals surface area contributed by atoms with Crippen molar-refractivity contribution >= 4 is 23.3 Å². The third kappa shape index (κ3) is 4.12. The number of urea groups is 1. The first-order chi connectivity index (χ1) is 12.0. The summed E-state index contributed by atoms with van der Waals surface area (Å²) in [4.78, 5) is 25.5. The molecule has 1 saturated heterocycles. The minimum atomic E-state index is -0.530. The van der Waals surface area contributed by atoms with Crippen LogP contribution < -0.4 is 15.5 Å². The van der Waals surface area contributed by atoms with E-state index in [1.807, 2.05) is 0 Å². The second-order valence-electron chi connectivity index (χ2n) is 5.87. The molecule has 0 spiro atoms. The second kappa shape index (κ2) is 7.29. The van der Waals surface area contributed by atoms with Gasteiger partial charge in [-0.2, -0.15) is 0 Å². The molecule has 1 aliphatic rings. The monoisotopic (exact) mass is 345 g/mol. The molecule has 0 saturated carbocycles. The van der Waals surface area contributed by atoms with Gasteiger partial charge in [0.25, 0.3) is 0 Å². The van der Waals surface area contributed by atoms with Crippen LogP contribution in [0.2, 0.25) is 0 Å². The van der Waals surface area contributed by atoms with E-state index in [2.05, 4.69) is 10.6 Å². The number of halogens is 2. The second-order valence-corrected chi connectivity index (χ2v) is 5.87. The van der Waals surface area contributed by atoms with E-state index >= 15 is 0 Å². The molecule has 1 heterocycles. The summed E-state index contributed by atoms with van der Waals surface area (Å²) >= 11 is 0. The average molecular weight is 345 g/mol. The highest BCUT2D eigenvalue weighted by Gasteiger charge is 2.30. The summed E-state index contributed by atoms with van der Waals surface area (Å²) in [6.45, 7) is 0.716. The van der Waals surface area contributed by atoms with Gasteiger partial charge < -0.3 is 15.5 Å². The summed E-state index contributed by atoms with van der Waals surface area (Å²) in [5.41, 5.74) is 0.722. The zero-order chi connectivity index (χ0) is 17.8. The fourth-order valence-electron chi connectivity index (χ4n) is 2.75. The molecule has 25 heavy (non-hydrogen) atoms. The summed E-state index contributed by atoms with van der Waals surface area (Å²) < 4.78 is 26.5. The lowest BCUT2D eigenvalue weighted by Gasteiger charge is -2.17. The summed E-state index contributed by atoms with van der Waals surface area (Å²) in [5.74, 6) is -1.02. The summed E-state index contributed by atoms with van der Waals surface area (Å²) in [5, 5.41) is 5.08. The first-order valence-corrected chi connectivity index (χ1v) is 7.88. The summed E-state index contributed by atoms with van der Waals surface area (Å²) in [6, 6.07) is 11.0. The maximum atomic E-state index is 13.5. The topological polar surface area (TPSA) is 61.4 Å². The Hall–Kier alpha value is -2.96. The van der Waals surface area contributed by atoms with Crippen LogP contribution >= 0.6 is 0 Å². The molecule has 1 fully saturated rings. The number of para-hydroxylation sites is 1. The number of nitrogens with one attached hydrogen (secondary N) is 2. The molecule has 0 radical (unpaired) electrons. The third-order valence-corrected chi connectivity index (χ3v) is 4.02. The fourth-order valence-corrected chi connectivity index (χ4v) is 2.75. The van der Waals surface area contributed by atoms with Crippen LogP contribution in [-0.4, -0.2) is 25.0 Å². The van der Waals surface area contributed by atoms with Crippen LogP contribution in [0.3, 0.4) is 0 Å². The minimum Gasteiger partial charge on any atom is -0.338 e. The number of hydrogen-bond acceptors (Lipinski definition) is 2. The molecule has 2 aromatic rings. The van der Waals surface area contributed by atoms with E-state index in [1.54, 1.807) is 23.1 Å². The molecular formula is C18H17F2N3O2. The predicted octanol–water partition coefficient (Wildman–Crippen LogP) is 3.14. The summed E-state index contributed by atoms with van der Waals surface area (Å²) in [6.07, 6.45) is 0.289. The highest BCUT2D eigenvalue weighted by atomic mass is 19.1. The number of benzene rings is 2. The van der Waals surface area contributed by atoms with Crippen molar-refractivity contribution in [2.45, 2.75) is 6.42 Å². The van der Waals surface area contributed by atoms with Crippen LogP contribution in [-0.2, 0) is 4.79 Å². The van der Waals surface area contributed by atoms with Crippen molar-refractivity contribution < 1.29 is 18.4 Å². The van der Waals surface area contributed by atoms with E-state index < -0.39 is 11.8 Å². The highest BCUT2D eigenvalue weighted by Crippen LogP contribution is 2.24. The lowest BCUT2D eigenvalue weighted by Crippen LogP contribution is -2.34. The van der Waals surface area contributed by atoms with E-state index in [1.165, 1.54) is 30.3 Å². The Morgan fingerprint density at radius 2 is 1.84 bits per heavy atom. The van der Waals surface area contributed by atoms with Crippen LogP contribution in [0.5, 0.6) is 0 Å². The van der Waals surface area contributed by atoms with Crippen LogP contribution in [0.4, 0.5) is 25.0 Å². The smallest absolute Gasteiger partial charge is 0.319 e. The molecule has 3 amide bonds. The van der Waals surface area contributed by atoms with Crippen LogP contribution in [0.25, 0.3) is 0 Å². The number of carbonyl (C=O) groups excluding carboxylic acids is 2. The number of hydrogen-bond donors (Lipinski definition) is 2. The van der Waals surface area contributed by atoms with Crippen molar-refractivity contribution in [2.75, 3.05) is 23.3 Å². The lowest BCUT2D eigenvalue weighted by atomic mass is 10.1. The van der Waals surface area contributed by atoms with E-state index in [0.717, 1.165) is 0 Å². The van der Waals surface area contributed by atoms with Crippen molar-refractivity contribution in [3.63, 3.8) is 0 Å². The number of rotatable bonds is 4. The average Bonchev–Trinajstić information content (AvgIpc) is 2.97. The maximum Gasteiger partial charge on any atom is 0.319 e. The lowest BCUT2D eigenvalue weighted by molar-refractivity contribution is -0.117. The number of nitrogens with zero attached hydrogens (tertiary/aromatic N) is 1. The van der Waals surface area contributed by atoms with Crippen molar-refractivity contribution in [2.24, 2.45) is 5.92 Å². The normalized spacial score (nSPS) is 16.8. The van der Waals surface area contributed by atoms with Crippen molar-refractivity contribution in [1.29, 1.82) is 0 Å². The van der Waals surface area contributed by atoms with Crippen molar-refractivity contribution in [3.05, 3.63) is 60.2 Å². The zero-order valence-corrected chi connectivity index (χ0v) is 13.3. The van der Waals surface area contributed by atoms with Gasteiger partial charge in [0.1, 0.15) is 11.6 Å². The van der Waals surface area contributed by atoms with Crippen LogP contribution in [0.1, 0.15) is 6.42 Å². The fraction of sp³-hybridized carbons (Fsp3) is 0.222. The van der Waals surface area contributed by atoms with Crippen LogP contribution in [0, 0.1) is 17.6 Å². The standard InChI is InChI=1S/C18H17F2N3O2/c19-13-5-7-14(8-6-13)23-11-12(9-17(23)24)10-21-18(25)22-16-4-2-1-3-15(16)20/h1-8,12H,9-11H2,(H2,21,22,25). The molecule has 0 aliphatic carbocycles. The van der Waals surface area contributed by atoms with Crippen LogP contribution in [0.15, 0.2) is 48.5 Å². The molecule has 1 atom stereocenters. The minimum absolute atomic E-state index is 0.0658. The molecule has 5 nitrogen and oxygen atoms in total. The van der Waals surface area contributed by atoms with Gasteiger partial charge in [-0.15, -0.1) is 0 Å². The molecule has 1 unspecified atom stereocenters. The SMILES string of the molecule is O=C(NCC1CC(=O)N(c2ccc(F)cc2)C1)Nc1ccccc1F. The van der Waals surface area contributed by atoms with Crippen molar-refractivity contribution in [3.8, 4) is 0 Å². The van der Waals surface area contributed by atoms with Gasteiger partial charge in [0, 0.05) is 31.1 Å². The Morgan fingerprint density at radius 1 is 1.12 bits per heavy atom. The van der Waals surface area contributed by atoms with Gasteiger partial charge in [-0.25, -0.2) is 13.6 Å². The molecule has 1 aliphatic heterocycles. The molecule has 2 N–H and O–H groups in total. The molecule has 130 valence electrons. The third-order valence-electron chi connectivity index (χ3n) is 4.02. The first-order valence-electron chi connectivity index (χ1n) is 7.88.